The average molecular weight is 361 g/mol. The molecule has 0 aliphatic heterocycles. The standard InChI is InChI=1S/C20H19N5O2/c1-13-11-14(2)25-20(22-13)23-18(24-25)19(26)21-9-10-27-17-8-7-15-5-3-4-6-16(15)12-17/h3-8,11-12H,9-10H2,1-2H3,(H,21,26). The summed E-state index contributed by atoms with van der Waals surface area (Å²) in [4.78, 5) is 20.7. The summed E-state index contributed by atoms with van der Waals surface area (Å²) < 4.78 is 7.28. The quantitative estimate of drug-likeness (QED) is 0.553. The van der Waals surface area contributed by atoms with Crippen LogP contribution in [0, 0.1) is 13.8 Å². The van der Waals surface area contributed by atoms with Crippen molar-refractivity contribution in [2.45, 2.75) is 13.8 Å². The van der Waals surface area contributed by atoms with E-state index in [1.54, 1.807) is 4.52 Å². The van der Waals surface area contributed by atoms with E-state index in [0.29, 0.717) is 18.9 Å². The molecule has 7 heteroatoms. The lowest BCUT2D eigenvalue weighted by Crippen LogP contribution is -2.29. The molecule has 0 unspecified atom stereocenters. The van der Waals surface area contributed by atoms with Gasteiger partial charge in [0.1, 0.15) is 12.4 Å². The number of aromatic nitrogens is 4. The fourth-order valence-electron chi connectivity index (χ4n) is 2.93. The molecule has 2 aromatic carbocycles. The minimum absolute atomic E-state index is 0.0990. The maximum atomic E-state index is 12.3. The fourth-order valence-corrected chi connectivity index (χ4v) is 2.93. The van der Waals surface area contributed by atoms with Gasteiger partial charge < -0.3 is 10.1 Å². The van der Waals surface area contributed by atoms with Crippen molar-refractivity contribution < 1.29 is 9.53 Å². The summed E-state index contributed by atoms with van der Waals surface area (Å²) in [6.07, 6.45) is 0. The van der Waals surface area contributed by atoms with Crippen LogP contribution < -0.4 is 10.1 Å². The highest BCUT2D eigenvalue weighted by Gasteiger charge is 2.14. The zero-order valence-electron chi connectivity index (χ0n) is 15.1. The van der Waals surface area contributed by atoms with E-state index in [1.807, 2.05) is 56.3 Å². The summed E-state index contributed by atoms with van der Waals surface area (Å²) in [7, 11) is 0. The molecular weight excluding hydrogens is 342 g/mol. The Labute approximate surface area is 156 Å². The molecule has 4 rings (SSSR count). The molecule has 0 saturated heterocycles. The molecule has 0 aliphatic carbocycles. The number of nitrogens with zero attached hydrogens (tertiary/aromatic N) is 4. The van der Waals surface area contributed by atoms with Crippen molar-refractivity contribution in [3.05, 3.63) is 65.7 Å². The van der Waals surface area contributed by atoms with Gasteiger partial charge in [-0.25, -0.2) is 9.50 Å². The number of hydrogen-bond donors (Lipinski definition) is 1. The highest BCUT2D eigenvalue weighted by molar-refractivity contribution is 5.90. The minimum Gasteiger partial charge on any atom is -0.492 e. The molecule has 2 heterocycles. The number of ether oxygens (including phenoxy) is 1. The van der Waals surface area contributed by atoms with E-state index in [0.717, 1.165) is 27.9 Å². The molecule has 0 atom stereocenters. The van der Waals surface area contributed by atoms with Crippen LogP contribution >= 0.6 is 0 Å². The lowest BCUT2D eigenvalue weighted by Gasteiger charge is -2.07. The van der Waals surface area contributed by atoms with Crippen LogP contribution in [-0.4, -0.2) is 38.6 Å². The normalized spacial score (nSPS) is 11.0. The van der Waals surface area contributed by atoms with Gasteiger partial charge in [-0.3, -0.25) is 4.79 Å². The minimum atomic E-state index is -0.348. The number of nitrogens with one attached hydrogen (secondary N) is 1. The molecule has 1 N–H and O–H groups in total. The molecule has 2 aromatic heterocycles. The molecule has 0 aliphatic rings. The van der Waals surface area contributed by atoms with Gasteiger partial charge in [0.2, 0.25) is 5.82 Å². The van der Waals surface area contributed by atoms with E-state index in [9.17, 15) is 4.79 Å². The van der Waals surface area contributed by atoms with Crippen molar-refractivity contribution in [3.63, 3.8) is 0 Å². The second kappa shape index (κ2) is 7.03. The fraction of sp³-hybridized carbons (Fsp3) is 0.200. The SMILES string of the molecule is Cc1cc(C)n2nc(C(=O)NCCOc3ccc4ccccc4c3)nc2n1. The monoisotopic (exact) mass is 361 g/mol. The number of hydrogen-bond acceptors (Lipinski definition) is 5. The van der Waals surface area contributed by atoms with Gasteiger partial charge >= 0.3 is 0 Å². The summed E-state index contributed by atoms with van der Waals surface area (Å²) in [5.41, 5.74) is 1.71. The molecule has 27 heavy (non-hydrogen) atoms. The van der Waals surface area contributed by atoms with E-state index < -0.39 is 0 Å². The van der Waals surface area contributed by atoms with Crippen LogP contribution in [0.5, 0.6) is 5.75 Å². The van der Waals surface area contributed by atoms with E-state index in [2.05, 4.69) is 26.4 Å². The summed E-state index contributed by atoms with van der Waals surface area (Å²) in [6, 6.07) is 15.9. The van der Waals surface area contributed by atoms with Gasteiger partial charge in [0.25, 0.3) is 11.7 Å². The van der Waals surface area contributed by atoms with Gasteiger partial charge in [-0.2, -0.15) is 4.98 Å². The first-order valence-corrected chi connectivity index (χ1v) is 8.71. The van der Waals surface area contributed by atoms with Crippen LogP contribution in [0.1, 0.15) is 22.0 Å². The van der Waals surface area contributed by atoms with Crippen LogP contribution in [0.3, 0.4) is 0 Å². The second-order valence-electron chi connectivity index (χ2n) is 6.30. The van der Waals surface area contributed by atoms with Crippen molar-refractivity contribution in [1.82, 2.24) is 24.9 Å². The van der Waals surface area contributed by atoms with E-state index >= 15 is 0 Å². The molecule has 0 fully saturated rings. The summed E-state index contributed by atoms with van der Waals surface area (Å²) >= 11 is 0. The third-order valence-corrected chi connectivity index (χ3v) is 4.20. The van der Waals surface area contributed by atoms with Gasteiger partial charge in [-0.15, -0.1) is 5.10 Å². The molecule has 0 bridgehead atoms. The maximum Gasteiger partial charge on any atom is 0.291 e. The van der Waals surface area contributed by atoms with Crippen LogP contribution in [0.25, 0.3) is 16.6 Å². The van der Waals surface area contributed by atoms with E-state index in [1.165, 1.54) is 0 Å². The van der Waals surface area contributed by atoms with Crippen molar-refractivity contribution in [2.24, 2.45) is 0 Å². The Hall–Kier alpha value is -3.48. The lowest BCUT2D eigenvalue weighted by atomic mass is 10.1. The lowest BCUT2D eigenvalue weighted by molar-refractivity contribution is 0.0937. The number of rotatable bonds is 5. The van der Waals surface area contributed by atoms with Gasteiger partial charge in [-0.1, -0.05) is 30.3 Å². The Kier molecular flexibility index (Phi) is 4.42. The number of fused-ring (bicyclic) bond motifs is 2. The first-order valence-electron chi connectivity index (χ1n) is 8.71. The highest BCUT2D eigenvalue weighted by Crippen LogP contribution is 2.20. The number of carbonyl (C=O) groups excluding carboxylic acids is 1. The van der Waals surface area contributed by atoms with Crippen LogP contribution in [0.4, 0.5) is 0 Å². The van der Waals surface area contributed by atoms with Crippen LogP contribution in [-0.2, 0) is 0 Å². The topological polar surface area (TPSA) is 81.4 Å². The van der Waals surface area contributed by atoms with Crippen LogP contribution in [0.2, 0.25) is 0 Å². The van der Waals surface area contributed by atoms with E-state index in [-0.39, 0.29) is 11.7 Å². The Morgan fingerprint density at radius 2 is 1.89 bits per heavy atom. The summed E-state index contributed by atoms with van der Waals surface area (Å²) in [5, 5.41) is 9.26. The van der Waals surface area contributed by atoms with Gasteiger partial charge in [0.05, 0.1) is 6.54 Å². The van der Waals surface area contributed by atoms with Crippen molar-refractivity contribution in [3.8, 4) is 5.75 Å². The van der Waals surface area contributed by atoms with Crippen molar-refractivity contribution in [1.29, 1.82) is 0 Å². The number of benzene rings is 2. The van der Waals surface area contributed by atoms with E-state index in [4.69, 9.17) is 4.74 Å². The second-order valence-corrected chi connectivity index (χ2v) is 6.30. The van der Waals surface area contributed by atoms with Gasteiger partial charge in [0, 0.05) is 11.4 Å². The highest BCUT2D eigenvalue weighted by atomic mass is 16.5. The molecule has 1 amide bonds. The van der Waals surface area contributed by atoms with Gasteiger partial charge in [-0.05, 0) is 42.8 Å². The number of amides is 1. The van der Waals surface area contributed by atoms with Crippen LogP contribution in [0.15, 0.2) is 48.5 Å². The zero-order valence-corrected chi connectivity index (χ0v) is 15.1. The Morgan fingerprint density at radius 1 is 1.07 bits per heavy atom. The Morgan fingerprint density at radius 3 is 2.74 bits per heavy atom. The van der Waals surface area contributed by atoms with Crippen molar-refractivity contribution in [2.75, 3.05) is 13.2 Å². The number of aryl methyl sites for hydroxylation is 2. The predicted octanol–water partition coefficient (Wildman–Crippen LogP) is 2.70. The maximum absolute atomic E-state index is 12.3. The first kappa shape index (κ1) is 17.0. The summed E-state index contributed by atoms with van der Waals surface area (Å²) in [5.74, 6) is 0.940. The Balaban J connectivity index is 1.36. The largest absolute Gasteiger partial charge is 0.492 e. The molecule has 7 nitrogen and oxygen atoms in total. The predicted molar refractivity (Wildman–Crippen MR) is 102 cm³/mol. The zero-order chi connectivity index (χ0) is 18.8. The summed E-state index contributed by atoms with van der Waals surface area (Å²) in [6.45, 7) is 4.49. The third kappa shape index (κ3) is 3.57. The number of carbonyl (C=O) groups is 1. The average Bonchev–Trinajstić information content (AvgIpc) is 3.09. The molecular formula is C20H19N5O2. The van der Waals surface area contributed by atoms with Gasteiger partial charge in [0.15, 0.2) is 0 Å². The first-order chi connectivity index (χ1) is 13.1. The Bertz CT molecular complexity index is 1140. The molecule has 136 valence electrons. The molecule has 0 spiro atoms. The third-order valence-electron chi connectivity index (χ3n) is 4.20. The van der Waals surface area contributed by atoms with Crippen molar-refractivity contribution >= 4 is 22.5 Å². The molecule has 4 aromatic rings. The molecule has 0 radical (unpaired) electrons. The smallest absolute Gasteiger partial charge is 0.291 e. The molecule has 0 saturated carbocycles.